The summed E-state index contributed by atoms with van der Waals surface area (Å²) >= 11 is 0. The van der Waals surface area contributed by atoms with Crippen molar-refractivity contribution >= 4 is 0 Å². The number of hydrogen-bond acceptors (Lipinski definition) is 2. The van der Waals surface area contributed by atoms with Crippen molar-refractivity contribution in [3.8, 4) is 0 Å². The Labute approximate surface area is 124 Å². The Hall–Kier alpha value is -0.860. The van der Waals surface area contributed by atoms with Crippen LogP contribution in [0.5, 0.6) is 0 Å². The average molecular weight is 274 g/mol. The molecule has 1 aromatic rings. The molecule has 2 N–H and O–H groups in total. The van der Waals surface area contributed by atoms with Gasteiger partial charge in [-0.05, 0) is 49.3 Å². The molecule has 0 radical (unpaired) electrons. The molecule has 0 aromatic heterocycles. The van der Waals surface area contributed by atoms with E-state index in [1.165, 1.54) is 30.5 Å². The van der Waals surface area contributed by atoms with Crippen LogP contribution in [0.25, 0.3) is 0 Å². The zero-order valence-corrected chi connectivity index (χ0v) is 13.5. The van der Waals surface area contributed by atoms with Crippen molar-refractivity contribution in [1.82, 2.24) is 4.90 Å². The van der Waals surface area contributed by atoms with Gasteiger partial charge in [0.25, 0.3) is 0 Å². The van der Waals surface area contributed by atoms with E-state index in [1.807, 2.05) is 0 Å². The van der Waals surface area contributed by atoms with E-state index in [4.69, 9.17) is 5.73 Å². The first-order chi connectivity index (χ1) is 9.52. The van der Waals surface area contributed by atoms with Gasteiger partial charge >= 0.3 is 0 Å². The summed E-state index contributed by atoms with van der Waals surface area (Å²) in [7, 11) is 0. The molecule has 2 heteroatoms. The predicted molar refractivity (Wildman–Crippen MR) is 86.9 cm³/mol. The van der Waals surface area contributed by atoms with Gasteiger partial charge in [0.2, 0.25) is 0 Å². The molecule has 1 heterocycles. The highest BCUT2D eigenvalue weighted by molar-refractivity contribution is 5.26. The molecule has 1 fully saturated rings. The Bertz CT molecular complexity index is 410. The summed E-state index contributed by atoms with van der Waals surface area (Å²) in [5.41, 5.74) is 8.83. The molecule has 2 rings (SSSR count). The van der Waals surface area contributed by atoms with Gasteiger partial charge in [-0.15, -0.1) is 0 Å². The van der Waals surface area contributed by atoms with Gasteiger partial charge < -0.3 is 5.73 Å². The third-order valence-corrected chi connectivity index (χ3v) is 4.88. The monoisotopic (exact) mass is 274 g/mol. The number of nitrogens with zero attached hydrogens (tertiary/aromatic N) is 1. The van der Waals surface area contributed by atoms with Crippen molar-refractivity contribution in [1.29, 1.82) is 0 Å². The third-order valence-electron chi connectivity index (χ3n) is 4.88. The van der Waals surface area contributed by atoms with E-state index >= 15 is 0 Å². The zero-order valence-electron chi connectivity index (χ0n) is 13.5. The van der Waals surface area contributed by atoms with E-state index in [0.29, 0.717) is 18.0 Å². The van der Waals surface area contributed by atoms with Crippen LogP contribution >= 0.6 is 0 Å². The quantitative estimate of drug-likeness (QED) is 0.901. The van der Waals surface area contributed by atoms with Gasteiger partial charge in [0.1, 0.15) is 0 Å². The maximum Gasteiger partial charge on any atom is 0.0323 e. The normalized spacial score (nSPS) is 25.9. The van der Waals surface area contributed by atoms with Gasteiger partial charge in [-0.25, -0.2) is 0 Å². The fraction of sp³-hybridized carbons (Fsp3) is 0.667. The molecule has 0 amide bonds. The van der Waals surface area contributed by atoms with Crippen LogP contribution < -0.4 is 5.73 Å². The maximum atomic E-state index is 5.99. The van der Waals surface area contributed by atoms with Gasteiger partial charge in [0.15, 0.2) is 0 Å². The van der Waals surface area contributed by atoms with Crippen molar-refractivity contribution in [2.24, 2.45) is 11.7 Å². The van der Waals surface area contributed by atoms with Crippen LogP contribution in [-0.4, -0.2) is 24.0 Å². The Kier molecular flexibility index (Phi) is 5.22. The number of hydrogen-bond donors (Lipinski definition) is 1. The van der Waals surface area contributed by atoms with Gasteiger partial charge in [-0.3, -0.25) is 4.90 Å². The van der Waals surface area contributed by atoms with Crippen molar-refractivity contribution in [3.63, 3.8) is 0 Å². The van der Waals surface area contributed by atoms with E-state index in [9.17, 15) is 0 Å². The lowest BCUT2D eigenvalue weighted by atomic mass is 9.90. The van der Waals surface area contributed by atoms with Crippen molar-refractivity contribution < 1.29 is 0 Å². The Morgan fingerprint density at radius 1 is 1.15 bits per heavy atom. The lowest BCUT2D eigenvalue weighted by Gasteiger charge is -2.42. The topological polar surface area (TPSA) is 29.3 Å². The second-order valence-corrected chi connectivity index (χ2v) is 6.75. The minimum absolute atomic E-state index is 0.470. The van der Waals surface area contributed by atoms with Crippen LogP contribution in [0.3, 0.4) is 0 Å². The van der Waals surface area contributed by atoms with E-state index in [-0.39, 0.29) is 0 Å². The van der Waals surface area contributed by atoms with Gasteiger partial charge in [0.05, 0.1) is 0 Å². The first-order valence-electron chi connectivity index (χ1n) is 8.08. The largest absolute Gasteiger partial charge is 0.329 e. The first-order valence-corrected chi connectivity index (χ1v) is 8.08. The molecule has 0 bridgehead atoms. The number of benzene rings is 1. The molecule has 0 spiro atoms. The van der Waals surface area contributed by atoms with Crippen LogP contribution in [0.4, 0.5) is 0 Å². The molecule has 1 aliphatic rings. The van der Waals surface area contributed by atoms with E-state index < -0.39 is 0 Å². The molecule has 0 aliphatic carbocycles. The maximum absolute atomic E-state index is 5.99. The van der Waals surface area contributed by atoms with Crippen molar-refractivity contribution in [2.75, 3.05) is 13.1 Å². The molecule has 3 atom stereocenters. The van der Waals surface area contributed by atoms with Crippen LogP contribution in [0.15, 0.2) is 24.3 Å². The molecule has 1 saturated heterocycles. The van der Waals surface area contributed by atoms with Crippen LogP contribution in [0.1, 0.15) is 63.6 Å². The highest BCUT2D eigenvalue weighted by atomic mass is 15.2. The molecule has 1 aromatic carbocycles. The minimum atomic E-state index is 0.470. The minimum Gasteiger partial charge on any atom is -0.329 e. The highest BCUT2D eigenvalue weighted by Gasteiger charge is 2.29. The predicted octanol–water partition coefficient (Wildman–Crippen LogP) is 3.93. The summed E-state index contributed by atoms with van der Waals surface area (Å²) in [5.74, 6) is 1.42. The summed E-state index contributed by atoms with van der Waals surface area (Å²) in [5, 5.41) is 0. The molecule has 1 aliphatic heterocycles. The number of likely N-dealkylation sites (tertiary alicyclic amines) is 1. The summed E-state index contributed by atoms with van der Waals surface area (Å²) in [4.78, 5) is 2.60. The smallest absolute Gasteiger partial charge is 0.0323 e. The van der Waals surface area contributed by atoms with Crippen molar-refractivity contribution in [3.05, 3.63) is 35.4 Å². The first kappa shape index (κ1) is 15.5. The summed E-state index contributed by atoms with van der Waals surface area (Å²) < 4.78 is 0. The molecule has 2 nitrogen and oxygen atoms in total. The van der Waals surface area contributed by atoms with Gasteiger partial charge in [-0.2, -0.15) is 0 Å². The molecular weight excluding hydrogens is 244 g/mol. The molecule has 0 saturated carbocycles. The van der Waals surface area contributed by atoms with Crippen LogP contribution in [0, 0.1) is 5.92 Å². The summed E-state index contributed by atoms with van der Waals surface area (Å²) in [6.07, 6.45) is 2.54. The summed E-state index contributed by atoms with van der Waals surface area (Å²) in [6.45, 7) is 11.1. The van der Waals surface area contributed by atoms with Crippen LogP contribution in [-0.2, 0) is 0 Å². The van der Waals surface area contributed by atoms with E-state index in [2.05, 4.69) is 56.9 Å². The Morgan fingerprint density at radius 3 is 2.30 bits per heavy atom. The van der Waals surface area contributed by atoms with Crippen molar-refractivity contribution in [2.45, 2.75) is 58.5 Å². The lowest BCUT2D eigenvalue weighted by molar-refractivity contribution is 0.0834. The Balaban J connectivity index is 2.11. The number of rotatable bonds is 4. The summed E-state index contributed by atoms with van der Waals surface area (Å²) in [6, 6.07) is 10.2. The van der Waals surface area contributed by atoms with Gasteiger partial charge in [-0.1, -0.05) is 45.0 Å². The standard InChI is InChI=1S/C18H30N2/c1-13(2)16-5-7-17(8-6-16)15(4)20-10-9-14(3)11-18(20)12-19/h5-8,13-15,18H,9-12,19H2,1-4H3. The Morgan fingerprint density at radius 2 is 1.75 bits per heavy atom. The molecule has 20 heavy (non-hydrogen) atoms. The number of nitrogens with two attached hydrogens (primary N) is 1. The second kappa shape index (κ2) is 6.73. The van der Waals surface area contributed by atoms with Crippen LogP contribution in [0.2, 0.25) is 0 Å². The zero-order chi connectivity index (χ0) is 14.7. The third kappa shape index (κ3) is 3.42. The molecule has 3 unspecified atom stereocenters. The van der Waals surface area contributed by atoms with E-state index in [1.54, 1.807) is 0 Å². The second-order valence-electron chi connectivity index (χ2n) is 6.75. The lowest BCUT2D eigenvalue weighted by Crippen LogP contribution is -2.47. The molecular formula is C18H30N2. The fourth-order valence-corrected chi connectivity index (χ4v) is 3.36. The number of piperidine rings is 1. The highest BCUT2D eigenvalue weighted by Crippen LogP contribution is 2.31. The van der Waals surface area contributed by atoms with E-state index in [0.717, 1.165) is 12.5 Å². The fourth-order valence-electron chi connectivity index (χ4n) is 3.36. The van der Waals surface area contributed by atoms with Gasteiger partial charge in [0, 0.05) is 18.6 Å². The molecule has 112 valence electrons. The average Bonchev–Trinajstić information content (AvgIpc) is 2.46. The SMILES string of the molecule is CC1CCN(C(C)c2ccc(C(C)C)cc2)C(CN)C1.